The van der Waals surface area contributed by atoms with Gasteiger partial charge in [-0.3, -0.25) is 9.59 Å². The first-order valence-corrected chi connectivity index (χ1v) is 3.53. The highest BCUT2D eigenvalue weighted by Crippen LogP contribution is 1.90. The fourth-order valence-electron chi connectivity index (χ4n) is 0.440. The van der Waals surface area contributed by atoms with Gasteiger partial charge in [0.05, 0.1) is 0 Å². The summed E-state index contributed by atoms with van der Waals surface area (Å²) in [5.74, 6) is -0.241. The van der Waals surface area contributed by atoms with Crippen LogP contribution in [0.25, 0.3) is 0 Å². The molecule has 0 fully saturated rings. The predicted octanol–water partition coefficient (Wildman–Crippen LogP) is 0.695. The molecule has 1 rings (SSSR count). The number of hydrogen-bond acceptors (Lipinski definition) is 4. The van der Waals surface area contributed by atoms with Crippen LogP contribution in [0.3, 0.4) is 0 Å². The molecule has 0 aromatic rings. The van der Waals surface area contributed by atoms with Crippen molar-refractivity contribution in [2.75, 3.05) is 0 Å². The second kappa shape index (κ2) is 8.94. The van der Waals surface area contributed by atoms with Crippen molar-refractivity contribution < 1.29 is 39.6 Å². The molecule has 0 unspecified atom stereocenters. The van der Waals surface area contributed by atoms with Crippen LogP contribution in [0.1, 0.15) is 0 Å². The summed E-state index contributed by atoms with van der Waals surface area (Å²) in [6, 6.07) is 0. The normalized spacial score (nSPS) is 11.8. The molecule has 0 aromatic carbocycles. The smallest absolute Gasteiger partial charge is 0.450 e. The van der Waals surface area contributed by atoms with E-state index in [1.807, 2.05) is 0 Å². The first-order chi connectivity index (χ1) is 7.25. The standard InChI is InChI=1S/C6H4O2.2CH2O3/c7-5-1-2-6(8)4-3-5;2*2-1(3)4/h1-4H;2*(H2,2,3,4). The number of carbonyl (C=O) groups excluding carboxylic acids is 2. The second-order valence-electron chi connectivity index (χ2n) is 2.04. The molecule has 0 aliphatic heterocycles. The Bertz CT molecular complexity index is 280. The van der Waals surface area contributed by atoms with E-state index in [0.717, 1.165) is 0 Å². The SMILES string of the molecule is O=C(O)O.O=C(O)O.O=C1C=CC(=O)C=C1. The van der Waals surface area contributed by atoms with Crippen LogP contribution in [-0.2, 0) is 9.59 Å². The number of allylic oxidation sites excluding steroid dienone is 4. The zero-order valence-corrected chi connectivity index (χ0v) is 7.73. The molecule has 0 bridgehead atoms. The Labute approximate surface area is 88.7 Å². The molecule has 1 aliphatic rings. The minimum absolute atomic E-state index is 0.121. The Morgan fingerprint density at radius 2 is 0.812 bits per heavy atom. The van der Waals surface area contributed by atoms with Gasteiger partial charge in [-0.25, -0.2) is 9.59 Å². The van der Waals surface area contributed by atoms with Crippen molar-refractivity contribution in [2.24, 2.45) is 0 Å². The van der Waals surface area contributed by atoms with Crippen molar-refractivity contribution >= 4 is 23.9 Å². The summed E-state index contributed by atoms with van der Waals surface area (Å²) in [6.07, 6.45) is 1.34. The van der Waals surface area contributed by atoms with E-state index in [4.69, 9.17) is 30.0 Å². The molecule has 16 heavy (non-hydrogen) atoms. The van der Waals surface area contributed by atoms with E-state index >= 15 is 0 Å². The quantitative estimate of drug-likeness (QED) is 0.445. The lowest BCUT2D eigenvalue weighted by Gasteiger charge is -1.87. The van der Waals surface area contributed by atoms with Gasteiger partial charge in [0.2, 0.25) is 0 Å². The van der Waals surface area contributed by atoms with Crippen molar-refractivity contribution in [3.63, 3.8) is 0 Å². The van der Waals surface area contributed by atoms with E-state index in [1.165, 1.54) is 24.3 Å². The third kappa shape index (κ3) is 22.5. The molecule has 0 saturated carbocycles. The molecule has 1 aliphatic carbocycles. The minimum atomic E-state index is -1.83. The van der Waals surface area contributed by atoms with Gasteiger partial charge in [0.1, 0.15) is 0 Å². The monoisotopic (exact) mass is 232 g/mol. The summed E-state index contributed by atoms with van der Waals surface area (Å²) in [4.78, 5) is 37.7. The van der Waals surface area contributed by atoms with E-state index in [-0.39, 0.29) is 11.6 Å². The Morgan fingerprint density at radius 3 is 0.938 bits per heavy atom. The van der Waals surface area contributed by atoms with Gasteiger partial charge >= 0.3 is 12.3 Å². The molecule has 0 radical (unpaired) electrons. The van der Waals surface area contributed by atoms with Crippen molar-refractivity contribution in [1.82, 2.24) is 0 Å². The van der Waals surface area contributed by atoms with Crippen molar-refractivity contribution in [3.05, 3.63) is 24.3 Å². The first-order valence-electron chi connectivity index (χ1n) is 3.53. The summed E-state index contributed by atoms with van der Waals surface area (Å²) in [7, 11) is 0. The molecule has 4 N–H and O–H groups in total. The van der Waals surface area contributed by atoms with Gasteiger partial charge in [-0.1, -0.05) is 0 Å². The lowest BCUT2D eigenvalue weighted by atomic mass is 10.2. The van der Waals surface area contributed by atoms with E-state index in [9.17, 15) is 9.59 Å². The number of carboxylic acid groups (broad SMARTS) is 4. The second-order valence-corrected chi connectivity index (χ2v) is 2.04. The molecular weight excluding hydrogens is 224 g/mol. The molecule has 0 atom stereocenters. The van der Waals surface area contributed by atoms with Gasteiger partial charge in [0.25, 0.3) is 0 Å². The van der Waals surface area contributed by atoms with Crippen molar-refractivity contribution in [1.29, 1.82) is 0 Å². The number of hydrogen-bond donors (Lipinski definition) is 4. The average Bonchev–Trinajstić information content (AvgIpc) is 2.08. The minimum Gasteiger partial charge on any atom is -0.450 e. The molecule has 0 spiro atoms. The number of carbonyl (C=O) groups is 4. The van der Waals surface area contributed by atoms with Gasteiger partial charge in [-0.05, 0) is 24.3 Å². The molecule has 0 saturated heterocycles. The molecule has 0 amide bonds. The number of ketones is 2. The van der Waals surface area contributed by atoms with Crippen LogP contribution in [0.4, 0.5) is 9.59 Å². The third-order valence-electron chi connectivity index (χ3n) is 0.824. The predicted molar refractivity (Wildman–Crippen MR) is 49.6 cm³/mol. The topological polar surface area (TPSA) is 149 Å². The Kier molecular flexibility index (Phi) is 8.83. The van der Waals surface area contributed by atoms with E-state index < -0.39 is 12.3 Å². The van der Waals surface area contributed by atoms with Gasteiger partial charge in [0, 0.05) is 0 Å². The Hall–Kier alpha value is -2.64. The van der Waals surface area contributed by atoms with E-state index in [1.54, 1.807) is 0 Å². The molecule has 0 aromatic heterocycles. The van der Waals surface area contributed by atoms with Gasteiger partial charge < -0.3 is 20.4 Å². The maximum absolute atomic E-state index is 10.3. The fraction of sp³-hybridized carbons (Fsp3) is 0. The third-order valence-corrected chi connectivity index (χ3v) is 0.824. The van der Waals surface area contributed by atoms with Crippen LogP contribution in [0.15, 0.2) is 24.3 Å². The van der Waals surface area contributed by atoms with Gasteiger partial charge in [0.15, 0.2) is 11.6 Å². The zero-order valence-electron chi connectivity index (χ0n) is 7.73. The Balaban J connectivity index is 0. The highest BCUT2D eigenvalue weighted by atomic mass is 16.6. The van der Waals surface area contributed by atoms with E-state index in [2.05, 4.69) is 0 Å². The van der Waals surface area contributed by atoms with Crippen LogP contribution in [0, 0.1) is 0 Å². The van der Waals surface area contributed by atoms with Crippen LogP contribution in [-0.4, -0.2) is 44.3 Å². The molecule has 8 heteroatoms. The molecule has 88 valence electrons. The average molecular weight is 232 g/mol. The molecule has 8 nitrogen and oxygen atoms in total. The summed E-state index contributed by atoms with van der Waals surface area (Å²) < 4.78 is 0. The molecule has 0 heterocycles. The van der Waals surface area contributed by atoms with Crippen LogP contribution >= 0.6 is 0 Å². The molecular formula is C8H8O8. The van der Waals surface area contributed by atoms with Gasteiger partial charge in [-0.2, -0.15) is 0 Å². The maximum Gasteiger partial charge on any atom is 0.503 e. The summed E-state index contributed by atoms with van der Waals surface area (Å²) in [6.45, 7) is 0. The van der Waals surface area contributed by atoms with Crippen molar-refractivity contribution in [2.45, 2.75) is 0 Å². The zero-order chi connectivity index (χ0) is 13.1. The van der Waals surface area contributed by atoms with Crippen molar-refractivity contribution in [3.8, 4) is 0 Å². The fourth-order valence-corrected chi connectivity index (χ4v) is 0.440. The van der Waals surface area contributed by atoms with Gasteiger partial charge in [-0.15, -0.1) is 0 Å². The summed E-state index contributed by atoms with van der Waals surface area (Å²) in [5, 5.41) is 27.9. The maximum atomic E-state index is 10.3. The number of rotatable bonds is 0. The summed E-state index contributed by atoms with van der Waals surface area (Å²) in [5.41, 5.74) is 0. The highest BCUT2D eigenvalue weighted by Gasteiger charge is 1.97. The van der Waals surface area contributed by atoms with Crippen LogP contribution in [0.5, 0.6) is 0 Å². The highest BCUT2D eigenvalue weighted by molar-refractivity contribution is 6.14. The lowest BCUT2D eigenvalue weighted by Crippen LogP contribution is -1.97. The van der Waals surface area contributed by atoms with E-state index in [0.29, 0.717) is 0 Å². The van der Waals surface area contributed by atoms with Crippen LogP contribution in [0.2, 0.25) is 0 Å². The van der Waals surface area contributed by atoms with Crippen LogP contribution < -0.4 is 0 Å². The lowest BCUT2D eigenvalue weighted by molar-refractivity contribution is -0.113. The largest absolute Gasteiger partial charge is 0.503 e. The summed E-state index contributed by atoms with van der Waals surface area (Å²) >= 11 is 0. The Morgan fingerprint density at radius 1 is 0.688 bits per heavy atom. The first kappa shape index (κ1) is 15.8.